The van der Waals surface area contributed by atoms with E-state index >= 15 is 0 Å². The summed E-state index contributed by atoms with van der Waals surface area (Å²) in [7, 11) is 0. The summed E-state index contributed by atoms with van der Waals surface area (Å²) in [5.41, 5.74) is -0.699. The van der Waals surface area contributed by atoms with Crippen LogP contribution in [0.1, 0.15) is 17.3 Å². The number of nitro benzene ring substituents is 1. The highest BCUT2D eigenvalue weighted by Crippen LogP contribution is 2.30. The third kappa shape index (κ3) is 3.26. The van der Waals surface area contributed by atoms with E-state index in [1.165, 1.54) is 13.0 Å². The van der Waals surface area contributed by atoms with Crippen molar-refractivity contribution in [2.75, 3.05) is 5.32 Å². The average molecular weight is 392 g/mol. The van der Waals surface area contributed by atoms with Gasteiger partial charge in [-0.15, -0.1) is 0 Å². The van der Waals surface area contributed by atoms with Crippen LogP contribution in [0.15, 0.2) is 41.2 Å². The number of anilines is 2. The molecule has 26 heavy (non-hydrogen) atoms. The quantitative estimate of drug-likeness (QED) is 0.381. The molecule has 7 nitrogen and oxygen atoms in total. The Kier molecular flexibility index (Phi) is 4.67. The first-order chi connectivity index (χ1) is 12.3. The van der Waals surface area contributed by atoms with Crippen LogP contribution in [0, 0.1) is 10.1 Å². The first kappa shape index (κ1) is 17.9. The van der Waals surface area contributed by atoms with Crippen LogP contribution < -0.4 is 10.7 Å². The zero-order chi connectivity index (χ0) is 19.0. The summed E-state index contributed by atoms with van der Waals surface area (Å²) >= 11 is 11.8. The lowest BCUT2D eigenvalue weighted by molar-refractivity contribution is -0.383. The van der Waals surface area contributed by atoms with Crippen molar-refractivity contribution in [1.29, 1.82) is 0 Å². The minimum atomic E-state index is -0.652. The predicted octanol–water partition coefficient (Wildman–Crippen LogP) is 4.69. The third-order valence-corrected chi connectivity index (χ3v) is 4.15. The lowest BCUT2D eigenvalue weighted by Crippen LogP contribution is -2.18. The van der Waals surface area contributed by atoms with E-state index in [1.807, 2.05) is 0 Å². The van der Waals surface area contributed by atoms with E-state index in [2.05, 4.69) is 10.3 Å². The summed E-state index contributed by atoms with van der Waals surface area (Å²) in [5, 5.41) is 14.7. The van der Waals surface area contributed by atoms with Crippen LogP contribution in [-0.2, 0) is 0 Å². The Morgan fingerprint density at radius 3 is 2.54 bits per heavy atom. The van der Waals surface area contributed by atoms with Gasteiger partial charge in [0.2, 0.25) is 5.43 Å². The van der Waals surface area contributed by atoms with E-state index in [-0.39, 0.29) is 33.0 Å². The van der Waals surface area contributed by atoms with E-state index in [0.29, 0.717) is 10.7 Å². The number of nitrogens with one attached hydrogen (secondary N) is 2. The molecule has 0 aliphatic carbocycles. The van der Waals surface area contributed by atoms with E-state index in [4.69, 9.17) is 23.2 Å². The molecular formula is C17H11Cl2N3O4. The van der Waals surface area contributed by atoms with Crippen molar-refractivity contribution in [3.05, 3.63) is 72.3 Å². The molecule has 3 aromatic rings. The molecule has 3 rings (SSSR count). The van der Waals surface area contributed by atoms with Gasteiger partial charge in [0.15, 0.2) is 5.78 Å². The van der Waals surface area contributed by atoms with Gasteiger partial charge in [-0.3, -0.25) is 19.7 Å². The molecular weight excluding hydrogens is 381 g/mol. The summed E-state index contributed by atoms with van der Waals surface area (Å²) in [6.07, 6.45) is 0. The second kappa shape index (κ2) is 6.78. The number of non-ortho nitro benzene ring substituents is 1. The number of fused-ring (bicyclic) bond motifs is 1. The maximum Gasteiger partial charge on any atom is 0.294 e. The summed E-state index contributed by atoms with van der Waals surface area (Å²) < 4.78 is 0. The number of aromatic nitrogens is 1. The number of rotatable bonds is 4. The summed E-state index contributed by atoms with van der Waals surface area (Å²) in [6.45, 7) is 1.23. The van der Waals surface area contributed by atoms with Crippen LogP contribution in [0.4, 0.5) is 17.2 Å². The lowest BCUT2D eigenvalue weighted by Gasteiger charge is -2.12. The third-order valence-electron chi connectivity index (χ3n) is 3.70. The van der Waals surface area contributed by atoms with E-state index in [9.17, 15) is 19.7 Å². The van der Waals surface area contributed by atoms with Crippen molar-refractivity contribution in [3.8, 4) is 0 Å². The van der Waals surface area contributed by atoms with Gasteiger partial charge in [0.25, 0.3) is 5.69 Å². The van der Waals surface area contributed by atoms with Gasteiger partial charge in [0.1, 0.15) is 16.9 Å². The monoisotopic (exact) mass is 391 g/mol. The highest BCUT2D eigenvalue weighted by Gasteiger charge is 2.22. The number of benzene rings is 2. The lowest BCUT2D eigenvalue weighted by atomic mass is 10.1. The number of nitro groups is 1. The van der Waals surface area contributed by atoms with Crippen LogP contribution in [-0.4, -0.2) is 15.7 Å². The fraction of sp³-hybridized carbons (Fsp3) is 0.0588. The molecule has 132 valence electrons. The van der Waals surface area contributed by atoms with Gasteiger partial charge in [-0.1, -0.05) is 29.3 Å². The Labute approximate surface area is 156 Å². The molecule has 0 saturated heterocycles. The highest BCUT2D eigenvalue weighted by atomic mass is 35.5. The molecule has 2 aromatic carbocycles. The van der Waals surface area contributed by atoms with Gasteiger partial charge in [0, 0.05) is 21.8 Å². The van der Waals surface area contributed by atoms with Gasteiger partial charge in [-0.05, 0) is 31.2 Å². The molecule has 0 aliphatic rings. The van der Waals surface area contributed by atoms with E-state index in [1.54, 1.807) is 24.3 Å². The van der Waals surface area contributed by atoms with Crippen molar-refractivity contribution in [1.82, 2.24) is 4.98 Å². The smallest absolute Gasteiger partial charge is 0.294 e. The molecule has 0 spiro atoms. The molecule has 0 saturated carbocycles. The molecule has 0 unspecified atom stereocenters. The Hall–Kier alpha value is -2.90. The molecule has 9 heteroatoms. The molecule has 0 fully saturated rings. The van der Waals surface area contributed by atoms with Gasteiger partial charge < -0.3 is 10.3 Å². The molecule has 0 amide bonds. The molecule has 0 atom stereocenters. The molecule has 0 radical (unpaired) electrons. The molecule has 0 bridgehead atoms. The van der Waals surface area contributed by atoms with Crippen molar-refractivity contribution >= 4 is 57.1 Å². The number of nitrogens with zero attached hydrogens (tertiary/aromatic N) is 1. The predicted molar refractivity (Wildman–Crippen MR) is 101 cm³/mol. The molecule has 2 N–H and O–H groups in total. The van der Waals surface area contributed by atoms with Crippen molar-refractivity contribution < 1.29 is 9.72 Å². The zero-order valence-electron chi connectivity index (χ0n) is 13.3. The number of aromatic amines is 1. The van der Waals surface area contributed by atoms with Crippen LogP contribution in [0.25, 0.3) is 10.9 Å². The van der Waals surface area contributed by atoms with Crippen molar-refractivity contribution in [2.45, 2.75) is 6.92 Å². The number of pyridine rings is 1. The standard InChI is InChI=1S/C17H11Cl2N3O4/c1-8(23)14-16(24)12-6-10(19)7-13(22(25)26)15(12)21-17(14)20-11-4-2-3-9(18)5-11/h2-7H,1H3,(H2,20,21,24). The topological polar surface area (TPSA) is 105 Å². The number of hydrogen-bond donors (Lipinski definition) is 2. The average Bonchev–Trinajstić information content (AvgIpc) is 2.54. The minimum Gasteiger partial charge on any atom is -0.341 e. The first-order valence-electron chi connectivity index (χ1n) is 7.35. The Morgan fingerprint density at radius 1 is 1.19 bits per heavy atom. The van der Waals surface area contributed by atoms with Gasteiger partial charge in [-0.2, -0.15) is 0 Å². The Morgan fingerprint density at radius 2 is 1.92 bits per heavy atom. The summed E-state index contributed by atoms with van der Waals surface area (Å²) in [6, 6.07) is 9.03. The van der Waals surface area contributed by atoms with E-state index < -0.39 is 16.1 Å². The highest BCUT2D eigenvalue weighted by molar-refractivity contribution is 6.32. The summed E-state index contributed by atoms with van der Waals surface area (Å²) in [4.78, 5) is 38.3. The number of ketones is 1. The SMILES string of the molecule is CC(=O)c1c(Nc2cccc(Cl)c2)[nH]c2c([N+](=O)[O-])cc(Cl)cc2c1=O. The van der Waals surface area contributed by atoms with Crippen molar-refractivity contribution in [2.24, 2.45) is 0 Å². The van der Waals surface area contributed by atoms with Crippen molar-refractivity contribution in [3.63, 3.8) is 0 Å². The normalized spacial score (nSPS) is 10.7. The second-order valence-corrected chi connectivity index (χ2v) is 6.37. The molecule has 1 aromatic heterocycles. The fourth-order valence-corrected chi connectivity index (χ4v) is 3.03. The number of Topliss-reactive ketones (excluding diaryl/α,β-unsaturated/α-hetero) is 1. The minimum absolute atomic E-state index is 0.0275. The Bertz CT molecular complexity index is 1120. The van der Waals surface area contributed by atoms with Crippen LogP contribution in [0.2, 0.25) is 10.0 Å². The van der Waals surface area contributed by atoms with Crippen LogP contribution in [0.5, 0.6) is 0 Å². The van der Waals surface area contributed by atoms with Gasteiger partial charge in [0.05, 0.1) is 10.3 Å². The number of carbonyl (C=O) groups is 1. The van der Waals surface area contributed by atoms with E-state index in [0.717, 1.165) is 6.07 Å². The second-order valence-electron chi connectivity index (χ2n) is 5.50. The number of halogens is 2. The number of hydrogen-bond acceptors (Lipinski definition) is 5. The maximum absolute atomic E-state index is 12.8. The fourth-order valence-electron chi connectivity index (χ4n) is 2.62. The van der Waals surface area contributed by atoms with Gasteiger partial charge >= 0.3 is 0 Å². The number of H-pyrrole nitrogens is 1. The van der Waals surface area contributed by atoms with Crippen LogP contribution in [0.3, 0.4) is 0 Å². The maximum atomic E-state index is 12.8. The molecule has 1 heterocycles. The first-order valence-corrected chi connectivity index (χ1v) is 8.11. The van der Waals surface area contributed by atoms with Crippen LogP contribution >= 0.6 is 23.2 Å². The zero-order valence-corrected chi connectivity index (χ0v) is 14.8. The van der Waals surface area contributed by atoms with Gasteiger partial charge in [-0.25, -0.2) is 0 Å². The summed E-state index contributed by atoms with van der Waals surface area (Å²) in [5.74, 6) is -0.456. The number of carbonyl (C=O) groups excluding carboxylic acids is 1. The Balaban J connectivity index is 2.34. The molecule has 0 aliphatic heterocycles. The largest absolute Gasteiger partial charge is 0.341 e.